The zero-order valence-corrected chi connectivity index (χ0v) is 23.8. The minimum Gasteiger partial charge on any atom is -0.485 e. The molecule has 0 N–H and O–H groups in total. The molecule has 1 heterocycles. The summed E-state index contributed by atoms with van der Waals surface area (Å²) in [6, 6.07) is 7.59. The van der Waals surface area contributed by atoms with E-state index in [-0.39, 0.29) is 17.5 Å². The Balaban J connectivity index is 1.78. The Kier molecular flexibility index (Phi) is 13.6. The summed E-state index contributed by atoms with van der Waals surface area (Å²) in [5.41, 5.74) is 1.32. The SMILES string of the molecule is C=C(C)C(=O)OCC(C)CCCCCCCC(Oc1ccc(/C=C/C(=O)OC)cc1)C1OCC(C)(C)CO1. The maximum Gasteiger partial charge on any atom is 0.333 e. The van der Waals surface area contributed by atoms with Gasteiger partial charge < -0.3 is 23.7 Å². The predicted molar refractivity (Wildman–Crippen MR) is 149 cm³/mol. The topological polar surface area (TPSA) is 80.3 Å². The average Bonchev–Trinajstić information content (AvgIpc) is 2.89. The Bertz CT molecular complexity index is 893. The Morgan fingerprint density at radius 2 is 1.66 bits per heavy atom. The van der Waals surface area contributed by atoms with E-state index in [1.165, 1.54) is 13.2 Å². The molecule has 0 spiro atoms. The van der Waals surface area contributed by atoms with E-state index >= 15 is 0 Å². The lowest BCUT2D eigenvalue weighted by Crippen LogP contribution is -2.45. The first-order valence-electron chi connectivity index (χ1n) is 13.7. The molecule has 1 aromatic rings. The van der Waals surface area contributed by atoms with Gasteiger partial charge in [-0.25, -0.2) is 9.59 Å². The molecule has 0 amide bonds. The largest absolute Gasteiger partial charge is 0.485 e. The molecule has 0 bridgehead atoms. The number of methoxy groups -OCH3 is 1. The van der Waals surface area contributed by atoms with Crippen LogP contribution in [-0.4, -0.2) is 51.3 Å². The second-order valence-electron chi connectivity index (χ2n) is 11.1. The highest BCUT2D eigenvalue weighted by Crippen LogP contribution is 2.28. The van der Waals surface area contributed by atoms with Crippen molar-refractivity contribution in [2.75, 3.05) is 26.9 Å². The molecule has 1 aliphatic rings. The fraction of sp³-hybridized carbons (Fsp3) is 0.613. The van der Waals surface area contributed by atoms with Crippen LogP contribution in [0.3, 0.4) is 0 Å². The van der Waals surface area contributed by atoms with Crippen molar-refractivity contribution >= 4 is 18.0 Å². The first-order valence-corrected chi connectivity index (χ1v) is 13.7. The molecule has 0 aromatic heterocycles. The van der Waals surface area contributed by atoms with Crippen molar-refractivity contribution in [2.45, 2.75) is 85.0 Å². The number of ether oxygens (including phenoxy) is 5. The Labute approximate surface area is 228 Å². The molecule has 1 saturated heterocycles. The van der Waals surface area contributed by atoms with E-state index in [4.69, 9.17) is 18.9 Å². The van der Waals surface area contributed by atoms with E-state index in [1.54, 1.807) is 13.0 Å². The number of carbonyl (C=O) groups is 2. The van der Waals surface area contributed by atoms with Crippen LogP contribution in [0.4, 0.5) is 0 Å². The highest BCUT2D eigenvalue weighted by Gasteiger charge is 2.34. The van der Waals surface area contributed by atoms with Crippen molar-refractivity contribution < 1.29 is 33.3 Å². The van der Waals surface area contributed by atoms with Gasteiger partial charge in [0.2, 0.25) is 0 Å². The number of unbranched alkanes of at least 4 members (excludes halogenated alkanes) is 4. The predicted octanol–water partition coefficient (Wildman–Crippen LogP) is 6.51. The third-order valence-electron chi connectivity index (χ3n) is 6.39. The second-order valence-corrected chi connectivity index (χ2v) is 11.1. The monoisotopic (exact) mass is 530 g/mol. The van der Waals surface area contributed by atoms with Crippen molar-refractivity contribution in [3.63, 3.8) is 0 Å². The van der Waals surface area contributed by atoms with E-state index in [1.807, 2.05) is 24.3 Å². The number of hydrogen-bond acceptors (Lipinski definition) is 7. The molecular weight excluding hydrogens is 484 g/mol. The van der Waals surface area contributed by atoms with Crippen LogP contribution in [0.15, 0.2) is 42.5 Å². The lowest BCUT2D eigenvalue weighted by molar-refractivity contribution is -0.252. The summed E-state index contributed by atoms with van der Waals surface area (Å²) in [4.78, 5) is 22.8. The molecule has 2 rings (SSSR count). The first-order chi connectivity index (χ1) is 18.1. The highest BCUT2D eigenvalue weighted by atomic mass is 16.7. The summed E-state index contributed by atoms with van der Waals surface area (Å²) in [5, 5.41) is 0. The van der Waals surface area contributed by atoms with Gasteiger partial charge in [-0.1, -0.05) is 65.2 Å². The molecule has 1 fully saturated rings. The van der Waals surface area contributed by atoms with Gasteiger partial charge in [-0.2, -0.15) is 0 Å². The van der Waals surface area contributed by atoms with Crippen LogP contribution in [0.25, 0.3) is 6.08 Å². The fourth-order valence-electron chi connectivity index (χ4n) is 4.03. The molecule has 1 aromatic carbocycles. The van der Waals surface area contributed by atoms with Crippen LogP contribution in [0.2, 0.25) is 0 Å². The summed E-state index contributed by atoms with van der Waals surface area (Å²) in [6.45, 7) is 13.4. The lowest BCUT2D eigenvalue weighted by Gasteiger charge is -2.38. The Hall–Kier alpha value is -2.64. The van der Waals surface area contributed by atoms with Crippen LogP contribution < -0.4 is 4.74 Å². The summed E-state index contributed by atoms with van der Waals surface area (Å²) >= 11 is 0. The molecular formula is C31H46O7. The van der Waals surface area contributed by atoms with Crippen molar-refractivity contribution in [1.29, 1.82) is 0 Å². The molecule has 212 valence electrons. The van der Waals surface area contributed by atoms with Gasteiger partial charge in [0.1, 0.15) is 11.9 Å². The maximum atomic E-state index is 11.5. The smallest absolute Gasteiger partial charge is 0.333 e. The minimum atomic E-state index is -0.398. The van der Waals surface area contributed by atoms with Gasteiger partial charge in [-0.15, -0.1) is 0 Å². The Morgan fingerprint density at radius 3 is 2.26 bits per heavy atom. The highest BCUT2D eigenvalue weighted by molar-refractivity contribution is 5.87. The van der Waals surface area contributed by atoms with Crippen molar-refractivity contribution in [3.8, 4) is 5.75 Å². The second kappa shape index (κ2) is 16.4. The van der Waals surface area contributed by atoms with Crippen molar-refractivity contribution in [3.05, 3.63) is 48.1 Å². The van der Waals surface area contributed by atoms with Crippen LogP contribution in [0.1, 0.15) is 78.2 Å². The Morgan fingerprint density at radius 1 is 1.05 bits per heavy atom. The van der Waals surface area contributed by atoms with Crippen LogP contribution in [-0.2, 0) is 28.5 Å². The lowest BCUT2D eigenvalue weighted by atomic mass is 9.95. The number of benzene rings is 1. The van der Waals surface area contributed by atoms with E-state index in [0.29, 0.717) is 31.3 Å². The zero-order valence-electron chi connectivity index (χ0n) is 23.8. The fourth-order valence-corrected chi connectivity index (χ4v) is 4.03. The average molecular weight is 531 g/mol. The molecule has 7 nitrogen and oxygen atoms in total. The molecule has 0 saturated carbocycles. The van der Waals surface area contributed by atoms with Gasteiger partial charge in [0.25, 0.3) is 0 Å². The van der Waals surface area contributed by atoms with E-state index in [2.05, 4.69) is 32.1 Å². The third kappa shape index (κ3) is 12.3. The van der Waals surface area contributed by atoms with Gasteiger partial charge in [0.15, 0.2) is 6.29 Å². The number of esters is 2. The van der Waals surface area contributed by atoms with Gasteiger partial charge in [0.05, 0.1) is 26.9 Å². The molecule has 2 atom stereocenters. The molecule has 2 unspecified atom stereocenters. The normalized spacial score (nSPS) is 17.1. The summed E-state index contributed by atoms with van der Waals surface area (Å²) in [7, 11) is 1.35. The van der Waals surface area contributed by atoms with Crippen LogP contribution in [0.5, 0.6) is 5.75 Å². The maximum absolute atomic E-state index is 11.5. The zero-order chi connectivity index (χ0) is 28.0. The molecule has 0 radical (unpaired) electrons. The van der Waals surface area contributed by atoms with Gasteiger partial charge in [0, 0.05) is 17.1 Å². The van der Waals surface area contributed by atoms with E-state index < -0.39 is 12.3 Å². The first kappa shape index (κ1) is 31.6. The van der Waals surface area contributed by atoms with Crippen molar-refractivity contribution in [1.82, 2.24) is 0 Å². The van der Waals surface area contributed by atoms with Crippen molar-refractivity contribution in [2.24, 2.45) is 11.3 Å². The standard InChI is InChI=1S/C31H46O7/c1-23(2)29(33)35-20-24(3)12-10-8-7-9-11-13-27(30-36-21-31(4,5)22-37-30)38-26-17-14-25(15-18-26)16-19-28(32)34-6/h14-19,24,27,30H,1,7-13,20-22H2,2-6H3/b19-16+. The van der Waals surface area contributed by atoms with Gasteiger partial charge in [-0.3, -0.25) is 0 Å². The van der Waals surface area contributed by atoms with Gasteiger partial charge >= 0.3 is 11.9 Å². The molecule has 38 heavy (non-hydrogen) atoms. The van der Waals surface area contributed by atoms with Crippen LogP contribution >= 0.6 is 0 Å². The summed E-state index contributed by atoms with van der Waals surface area (Å²) < 4.78 is 28.3. The van der Waals surface area contributed by atoms with E-state index in [0.717, 1.165) is 56.3 Å². The number of rotatable bonds is 16. The number of carbonyl (C=O) groups excluding carboxylic acids is 2. The summed E-state index contributed by atoms with van der Waals surface area (Å²) in [5.74, 6) is 0.389. The van der Waals surface area contributed by atoms with Crippen LogP contribution in [0, 0.1) is 11.3 Å². The quantitative estimate of drug-likeness (QED) is 0.137. The molecule has 1 aliphatic heterocycles. The molecule has 0 aliphatic carbocycles. The minimum absolute atomic E-state index is 0.00531. The summed E-state index contributed by atoms with van der Waals surface area (Å²) in [6.07, 6.45) is 9.91. The molecule has 7 heteroatoms. The number of hydrogen-bond donors (Lipinski definition) is 0. The van der Waals surface area contributed by atoms with E-state index in [9.17, 15) is 9.59 Å². The van der Waals surface area contributed by atoms with Gasteiger partial charge in [-0.05, 0) is 55.9 Å². The third-order valence-corrected chi connectivity index (χ3v) is 6.39.